The minimum Gasteiger partial charge on any atom is -0.301 e. The van der Waals surface area contributed by atoms with Crippen molar-refractivity contribution in [1.82, 2.24) is 14.6 Å². The van der Waals surface area contributed by atoms with E-state index in [9.17, 15) is 13.2 Å². The van der Waals surface area contributed by atoms with Crippen LogP contribution in [0.2, 0.25) is 0 Å². The predicted molar refractivity (Wildman–Crippen MR) is 113 cm³/mol. The lowest BCUT2D eigenvalue weighted by Gasteiger charge is -2.24. The maximum atomic E-state index is 13.5. The van der Waals surface area contributed by atoms with Crippen molar-refractivity contribution in [2.45, 2.75) is 18.9 Å². The molecule has 0 spiro atoms. The summed E-state index contributed by atoms with van der Waals surface area (Å²) >= 11 is 0. The van der Waals surface area contributed by atoms with E-state index >= 15 is 0 Å². The van der Waals surface area contributed by atoms with E-state index in [1.54, 1.807) is 28.9 Å². The molecule has 0 aliphatic carbocycles. The van der Waals surface area contributed by atoms with E-state index in [0.717, 1.165) is 11.8 Å². The third kappa shape index (κ3) is 4.43. The number of rotatable bonds is 6. The molecule has 0 atom stereocenters. The Kier molecular flexibility index (Phi) is 5.65. The van der Waals surface area contributed by atoms with Crippen molar-refractivity contribution in [3.05, 3.63) is 78.3 Å². The second-order valence-corrected chi connectivity index (χ2v) is 8.89. The van der Waals surface area contributed by atoms with E-state index < -0.39 is 9.84 Å². The summed E-state index contributed by atoms with van der Waals surface area (Å²) in [5.74, 6) is -0.382. The Hall–Kier alpha value is -3.26. The number of carbonyl (C=O) groups excluding carboxylic acids is 1. The van der Waals surface area contributed by atoms with Crippen molar-refractivity contribution in [3.63, 3.8) is 0 Å². The lowest BCUT2D eigenvalue weighted by molar-refractivity contribution is 0.0990. The smallest absolute Gasteiger partial charge is 0.262 e. The summed E-state index contributed by atoms with van der Waals surface area (Å²) in [6, 6.07) is 8.58. The highest BCUT2D eigenvalue weighted by Crippen LogP contribution is 2.26. The molecule has 1 amide bonds. The second-order valence-electron chi connectivity index (χ2n) is 6.96. The molecular weight excluding hydrogens is 388 g/mol. The van der Waals surface area contributed by atoms with Gasteiger partial charge in [0.25, 0.3) is 5.91 Å². The van der Waals surface area contributed by atoms with Gasteiger partial charge in [0.1, 0.15) is 0 Å². The molecule has 3 aromatic rings. The molecule has 7 nitrogen and oxygen atoms in total. The third-order valence-corrected chi connectivity index (χ3v) is 5.17. The van der Waals surface area contributed by atoms with E-state index in [4.69, 9.17) is 0 Å². The van der Waals surface area contributed by atoms with E-state index in [1.807, 2.05) is 32.1 Å². The molecule has 8 heteroatoms. The number of hydrogen-bond donors (Lipinski definition) is 0. The highest BCUT2D eigenvalue weighted by atomic mass is 32.2. The normalized spacial score (nSPS) is 11.3. The van der Waals surface area contributed by atoms with Crippen molar-refractivity contribution in [2.24, 2.45) is 0 Å². The van der Waals surface area contributed by atoms with Gasteiger partial charge in [0.2, 0.25) is 0 Å². The van der Waals surface area contributed by atoms with Gasteiger partial charge in [-0.1, -0.05) is 24.3 Å². The molecule has 0 saturated heterocycles. The standard InChI is InChI=1S/C21H22N4O3S/c1-15(2)12-16(3)14-24(19-9-7-10-22-20(19)29(4,27)28)21(26)17-13-23-25-11-6-5-8-18(17)25/h5-13H,3,14H2,1-2,4H3. The molecule has 0 aliphatic rings. The molecule has 3 rings (SSSR count). The first-order valence-corrected chi connectivity index (χ1v) is 10.8. The van der Waals surface area contributed by atoms with Gasteiger partial charge in [-0.15, -0.1) is 0 Å². The van der Waals surface area contributed by atoms with Gasteiger partial charge in [-0.05, 0) is 43.7 Å². The molecule has 0 unspecified atom stereocenters. The van der Waals surface area contributed by atoms with Crippen LogP contribution in [-0.4, -0.2) is 41.7 Å². The molecule has 29 heavy (non-hydrogen) atoms. The van der Waals surface area contributed by atoms with Crippen LogP contribution in [0.15, 0.2) is 77.7 Å². The average molecular weight is 410 g/mol. The molecule has 150 valence electrons. The van der Waals surface area contributed by atoms with Crippen molar-refractivity contribution in [2.75, 3.05) is 17.7 Å². The number of fused-ring (bicyclic) bond motifs is 1. The average Bonchev–Trinajstić information content (AvgIpc) is 3.08. The summed E-state index contributed by atoms with van der Waals surface area (Å²) in [6.45, 7) is 7.98. The number of anilines is 1. The Bertz CT molecular complexity index is 1220. The summed E-state index contributed by atoms with van der Waals surface area (Å²) in [6.07, 6.45) is 7.53. The van der Waals surface area contributed by atoms with E-state index in [-0.39, 0.29) is 23.2 Å². The van der Waals surface area contributed by atoms with E-state index in [0.29, 0.717) is 16.7 Å². The summed E-state index contributed by atoms with van der Waals surface area (Å²) in [7, 11) is -3.65. The van der Waals surface area contributed by atoms with Gasteiger partial charge >= 0.3 is 0 Å². The van der Waals surface area contributed by atoms with Gasteiger partial charge < -0.3 is 4.90 Å². The molecule has 3 aromatic heterocycles. The van der Waals surface area contributed by atoms with Crippen LogP contribution in [0.25, 0.3) is 5.52 Å². The molecule has 0 fully saturated rings. The molecule has 0 bridgehead atoms. The van der Waals surface area contributed by atoms with E-state index in [2.05, 4.69) is 16.7 Å². The van der Waals surface area contributed by atoms with Crippen LogP contribution in [0.5, 0.6) is 0 Å². The topological polar surface area (TPSA) is 84.6 Å². The number of aromatic nitrogens is 3. The zero-order valence-electron chi connectivity index (χ0n) is 16.5. The van der Waals surface area contributed by atoms with Crippen molar-refractivity contribution in [3.8, 4) is 0 Å². The summed E-state index contributed by atoms with van der Waals surface area (Å²) < 4.78 is 26.2. The highest BCUT2D eigenvalue weighted by molar-refractivity contribution is 7.90. The quantitative estimate of drug-likeness (QED) is 0.582. The largest absolute Gasteiger partial charge is 0.301 e. The monoisotopic (exact) mass is 410 g/mol. The Morgan fingerprint density at radius 2 is 2.00 bits per heavy atom. The maximum Gasteiger partial charge on any atom is 0.262 e. The van der Waals surface area contributed by atoms with Crippen LogP contribution < -0.4 is 4.90 Å². The number of allylic oxidation sites excluding steroid dienone is 1. The zero-order chi connectivity index (χ0) is 21.2. The second kappa shape index (κ2) is 8.00. The Morgan fingerprint density at radius 3 is 2.69 bits per heavy atom. The minimum atomic E-state index is -3.65. The van der Waals surface area contributed by atoms with Gasteiger partial charge in [-0.3, -0.25) is 4.79 Å². The highest BCUT2D eigenvalue weighted by Gasteiger charge is 2.27. The van der Waals surface area contributed by atoms with Gasteiger partial charge in [-0.2, -0.15) is 5.10 Å². The fraction of sp³-hybridized carbons (Fsp3) is 0.190. The molecule has 0 saturated carbocycles. The first-order chi connectivity index (χ1) is 13.7. The van der Waals surface area contributed by atoms with Crippen molar-refractivity contribution in [1.29, 1.82) is 0 Å². The molecule has 0 aliphatic heterocycles. The van der Waals surface area contributed by atoms with Crippen LogP contribution in [0.3, 0.4) is 0 Å². The first-order valence-electron chi connectivity index (χ1n) is 8.90. The Morgan fingerprint density at radius 1 is 1.24 bits per heavy atom. The molecule has 0 aromatic carbocycles. The number of amides is 1. The lowest BCUT2D eigenvalue weighted by Crippen LogP contribution is -2.34. The van der Waals surface area contributed by atoms with Crippen LogP contribution in [0.1, 0.15) is 24.2 Å². The lowest BCUT2D eigenvalue weighted by atomic mass is 10.1. The van der Waals surface area contributed by atoms with Crippen LogP contribution in [0, 0.1) is 0 Å². The fourth-order valence-electron chi connectivity index (χ4n) is 3.04. The first kappa shape index (κ1) is 20.5. The minimum absolute atomic E-state index is 0.113. The fourth-order valence-corrected chi connectivity index (χ4v) is 3.85. The number of nitrogens with zero attached hydrogens (tertiary/aromatic N) is 4. The zero-order valence-corrected chi connectivity index (χ0v) is 17.3. The molecule has 0 radical (unpaired) electrons. The molecular formula is C21H22N4O3S. The van der Waals surface area contributed by atoms with Gasteiger partial charge in [0.05, 0.1) is 29.5 Å². The number of sulfone groups is 1. The summed E-state index contributed by atoms with van der Waals surface area (Å²) in [4.78, 5) is 18.9. The number of pyridine rings is 2. The van der Waals surface area contributed by atoms with Gasteiger partial charge in [0.15, 0.2) is 14.9 Å². The number of carbonyl (C=O) groups is 1. The van der Waals surface area contributed by atoms with Gasteiger partial charge in [0, 0.05) is 18.6 Å². The van der Waals surface area contributed by atoms with Gasteiger partial charge in [-0.25, -0.2) is 17.9 Å². The predicted octanol–water partition coefficient (Wildman–Crippen LogP) is 3.30. The maximum absolute atomic E-state index is 13.5. The Balaban J connectivity index is 2.15. The summed E-state index contributed by atoms with van der Waals surface area (Å²) in [5.41, 5.74) is 2.88. The van der Waals surface area contributed by atoms with Crippen LogP contribution in [-0.2, 0) is 9.84 Å². The molecule has 3 heterocycles. The SMILES string of the molecule is C=C(C=C(C)C)CN(C(=O)c1cnn2ccccc12)c1cccnc1S(C)(=O)=O. The van der Waals surface area contributed by atoms with E-state index in [1.165, 1.54) is 17.3 Å². The van der Waals surface area contributed by atoms with Crippen LogP contribution >= 0.6 is 0 Å². The van der Waals surface area contributed by atoms with Crippen molar-refractivity contribution >= 4 is 26.9 Å². The van der Waals surface area contributed by atoms with Crippen molar-refractivity contribution < 1.29 is 13.2 Å². The third-order valence-electron chi connectivity index (χ3n) is 4.15. The summed E-state index contributed by atoms with van der Waals surface area (Å²) in [5, 5.41) is 4.06. The van der Waals surface area contributed by atoms with Crippen LogP contribution in [0.4, 0.5) is 5.69 Å². The molecule has 0 N–H and O–H groups in total. The Labute approximate surface area is 169 Å². The number of hydrogen-bond acceptors (Lipinski definition) is 5.